The normalized spacial score (nSPS) is 15.2. The molecule has 3 aromatic carbocycles. The largest absolute Gasteiger partial charge is 0.319 e. The van der Waals surface area contributed by atoms with Crippen LogP contribution in [0.4, 0.5) is 0 Å². The van der Waals surface area contributed by atoms with E-state index in [1.165, 1.54) is 27.8 Å². The van der Waals surface area contributed by atoms with E-state index in [-0.39, 0.29) is 17.9 Å². The lowest BCUT2D eigenvalue weighted by Gasteiger charge is -2.39. The average Bonchev–Trinajstić information content (AvgIpc) is 2.61. The highest BCUT2D eigenvalue weighted by Gasteiger charge is 2.33. The molecule has 0 unspecified atom stereocenters. The van der Waals surface area contributed by atoms with Crippen LogP contribution in [0.2, 0.25) is 0 Å². The fraction of sp³-hybridized carbons (Fsp3) is 0.143. The Balaban J connectivity index is 0.00000169. The van der Waals surface area contributed by atoms with Crippen molar-refractivity contribution in [2.45, 2.75) is 5.54 Å². The van der Waals surface area contributed by atoms with Crippen LogP contribution in [0, 0.1) is 0 Å². The first kappa shape index (κ1) is 16.7. The van der Waals surface area contributed by atoms with Crippen molar-refractivity contribution < 1.29 is 0 Å². The van der Waals surface area contributed by atoms with E-state index >= 15 is 0 Å². The maximum atomic E-state index is 6.33. The summed E-state index contributed by atoms with van der Waals surface area (Å²) >= 11 is 0. The number of hydrogen-bond donors (Lipinski definition) is 2. The van der Waals surface area contributed by atoms with Gasteiger partial charge in [0.05, 0.1) is 5.54 Å². The molecule has 0 aromatic heterocycles. The molecule has 1 saturated heterocycles. The van der Waals surface area contributed by atoms with E-state index in [0.29, 0.717) is 0 Å². The van der Waals surface area contributed by atoms with Crippen LogP contribution >= 0.6 is 12.4 Å². The summed E-state index contributed by atoms with van der Waals surface area (Å²) in [4.78, 5) is 0. The molecule has 0 aliphatic carbocycles. The molecule has 0 amide bonds. The van der Waals surface area contributed by atoms with Gasteiger partial charge in [-0.2, -0.15) is 0 Å². The number of benzene rings is 3. The highest BCUT2D eigenvalue weighted by molar-refractivity contribution is 5.85. The van der Waals surface area contributed by atoms with E-state index in [1.807, 2.05) is 6.07 Å². The molecule has 3 heteroatoms. The second-order valence-electron chi connectivity index (χ2n) is 6.28. The minimum Gasteiger partial charge on any atom is -0.319 e. The summed E-state index contributed by atoms with van der Waals surface area (Å²) in [7, 11) is 0. The fourth-order valence-electron chi connectivity index (χ4n) is 3.08. The van der Waals surface area contributed by atoms with Gasteiger partial charge in [0, 0.05) is 13.1 Å². The monoisotopic (exact) mass is 336 g/mol. The van der Waals surface area contributed by atoms with Crippen molar-refractivity contribution in [1.82, 2.24) is 5.32 Å². The maximum Gasteiger partial charge on any atom is 0.0662 e. The molecule has 1 aliphatic rings. The highest BCUT2D eigenvalue weighted by atomic mass is 35.5. The molecule has 2 nitrogen and oxygen atoms in total. The number of nitrogens with two attached hydrogens (primary N) is 1. The summed E-state index contributed by atoms with van der Waals surface area (Å²) < 4.78 is 0. The van der Waals surface area contributed by atoms with E-state index in [2.05, 4.69) is 78.1 Å². The molecule has 122 valence electrons. The van der Waals surface area contributed by atoms with Crippen LogP contribution in [0.3, 0.4) is 0 Å². The van der Waals surface area contributed by atoms with Gasteiger partial charge in [-0.3, -0.25) is 0 Å². The second-order valence-corrected chi connectivity index (χ2v) is 6.28. The molecule has 1 fully saturated rings. The molecular weight excluding hydrogens is 316 g/mol. The third-order valence-corrected chi connectivity index (χ3v) is 4.67. The third-order valence-electron chi connectivity index (χ3n) is 4.67. The molecule has 0 bridgehead atoms. The molecule has 3 N–H and O–H groups in total. The summed E-state index contributed by atoms with van der Waals surface area (Å²) in [5, 5.41) is 3.24. The number of hydrogen-bond acceptors (Lipinski definition) is 2. The van der Waals surface area contributed by atoms with Gasteiger partial charge in [0.25, 0.3) is 0 Å². The van der Waals surface area contributed by atoms with E-state index < -0.39 is 0 Å². The van der Waals surface area contributed by atoms with Crippen molar-refractivity contribution in [2.75, 3.05) is 13.1 Å². The predicted octanol–water partition coefficient (Wildman–Crippen LogP) is 4.20. The third kappa shape index (κ3) is 3.09. The van der Waals surface area contributed by atoms with Gasteiger partial charge in [-0.05, 0) is 27.8 Å². The quantitative estimate of drug-likeness (QED) is 0.752. The minimum absolute atomic E-state index is 0. The Kier molecular flexibility index (Phi) is 4.72. The molecule has 24 heavy (non-hydrogen) atoms. The molecule has 1 heterocycles. The van der Waals surface area contributed by atoms with Gasteiger partial charge in [0.1, 0.15) is 0 Å². The Hall–Kier alpha value is -2.13. The zero-order valence-electron chi connectivity index (χ0n) is 13.4. The molecule has 0 radical (unpaired) electrons. The van der Waals surface area contributed by atoms with Crippen molar-refractivity contribution >= 4 is 12.4 Å². The fourth-order valence-corrected chi connectivity index (χ4v) is 3.08. The lowest BCUT2D eigenvalue weighted by molar-refractivity contribution is 0.287. The van der Waals surface area contributed by atoms with Crippen molar-refractivity contribution in [3.05, 3.63) is 84.4 Å². The molecule has 0 spiro atoms. The molecule has 4 rings (SSSR count). The van der Waals surface area contributed by atoms with Crippen molar-refractivity contribution in [1.29, 1.82) is 0 Å². The number of nitrogens with one attached hydrogen (secondary N) is 1. The Bertz CT molecular complexity index is 792. The van der Waals surface area contributed by atoms with Crippen LogP contribution in [0.25, 0.3) is 22.3 Å². The van der Waals surface area contributed by atoms with Gasteiger partial charge in [-0.25, -0.2) is 0 Å². The summed E-state index contributed by atoms with van der Waals surface area (Å²) in [6.45, 7) is 1.72. The van der Waals surface area contributed by atoms with Crippen LogP contribution in [0.1, 0.15) is 5.56 Å². The van der Waals surface area contributed by atoms with E-state index in [9.17, 15) is 0 Å². The van der Waals surface area contributed by atoms with Crippen molar-refractivity contribution in [3.63, 3.8) is 0 Å². The van der Waals surface area contributed by atoms with E-state index in [0.717, 1.165) is 13.1 Å². The smallest absolute Gasteiger partial charge is 0.0662 e. The average molecular weight is 337 g/mol. The van der Waals surface area contributed by atoms with Gasteiger partial charge in [0.2, 0.25) is 0 Å². The predicted molar refractivity (Wildman–Crippen MR) is 103 cm³/mol. The standard InChI is InChI=1S/C21H20N2.ClH/c22-21(14-23-15-21)20-12-10-19(11-13-20)18-8-6-17(7-9-18)16-4-2-1-3-5-16;/h1-13,23H,14-15,22H2;1H. The van der Waals surface area contributed by atoms with Gasteiger partial charge in [-0.15, -0.1) is 12.4 Å². The number of halogens is 1. The van der Waals surface area contributed by atoms with Gasteiger partial charge >= 0.3 is 0 Å². The summed E-state index contributed by atoms with van der Waals surface area (Å²) in [6.07, 6.45) is 0. The molecule has 0 saturated carbocycles. The van der Waals surface area contributed by atoms with Crippen LogP contribution in [-0.2, 0) is 5.54 Å². The summed E-state index contributed by atoms with van der Waals surface area (Å²) in [6, 6.07) is 27.8. The van der Waals surface area contributed by atoms with Crippen LogP contribution in [0.15, 0.2) is 78.9 Å². The summed E-state index contributed by atoms with van der Waals surface area (Å²) in [5.74, 6) is 0. The Labute approximate surface area is 149 Å². The zero-order chi connectivity index (χ0) is 15.7. The highest BCUT2D eigenvalue weighted by Crippen LogP contribution is 2.28. The molecule has 3 aromatic rings. The first-order chi connectivity index (χ1) is 11.2. The van der Waals surface area contributed by atoms with Crippen LogP contribution in [-0.4, -0.2) is 13.1 Å². The van der Waals surface area contributed by atoms with Gasteiger partial charge in [0.15, 0.2) is 0 Å². The topological polar surface area (TPSA) is 38.0 Å². The maximum absolute atomic E-state index is 6.33. The minimum atomic E-state index is -0.185. The molecular formula is C21H21ClN2. The zero-order valence-corrected chi connectivity index (χ0v) is 14.2. The van der Waals surface area contributed by atoms with E-state index in [1.54, 1.807) is 0 Å². The first-order valence-electron chi connectivity index (χ1n) is 8.01. The number of rotatable bonds is 3. The summed E-state index contributed by atoms with van der Waals surface area (Å²) in [5.41, 5.74) is 12.3. The van der Waals surface area contributed by atoms with Crippen LogP contribution in [0.5, 0.6) is 0 Å². The van der Waals surface area contributed by atoms with Crippen molar-refractivity contribution in [3.8, 4) is 22.3 Å². The Morgan fingerprint density at radius 1 is 0.625 bits per heavy atom. The van der Waals surface area contributed by atoms with Crippen LogP contribution < -0.4 is 11.1 Å². The lowest BCUT2D eigenvalue weighted by Crippen LogP contribution is -2.62. The Morgan fingerprint density at radius 2 is 1.04 bits per heavy atom. The first-order valence-corrected chi connectivity index (χ1v) is 8.01. The van der Waals surface area contributed by atoms with Gasteiger partial charge in [-0.1, -0.05) is 78.9 Å². The molecule has 1 aliphatic heterocycles. The molecule has 0 atom stereocenters. The Morgan fingerprint density at radius 3 is 1.46 bits per heavy atom. The van der Waals surface area contributed by atoms with Gasteiger partial charge < -0.3 is 11.1 Å². The van der Waals surface area contributed by atoms with Crippen molar-refractivity contribution in [2.24, 2.45) is 5.73 Å². The SMILES string of the molecule is Cl.NC1(c2ccc(-c3ccc(-c4ccccc4)cc3)cc2)CNC1. The van der Waals surface area contributed by atoms with E-state index in [4.69, 9.17) is 5.73 Å². The second kappa shape index (κ2) is 6.78. The lowest BCUT2D eigenvalue weighted by atomic mass is 9.84.